The average molecular weight is 359 g/mol. The third-order valence-corrected chi connectivity index (χ3v) is 4.38. The van der Waals surface area contributed by atoms with Crippen molar-refractivity contribution in [3.05, 3.63) is 53.1 Å². The molecule has 0 heterocycles. The molecule has 1 rings (SSSR count). The molecule has 0 aliphatic rings. The Morgan fingerprint density at radius 3 is 1.81 bits per heavy atom. The quantitative estimate of drug-likeness (QED) is 0.440. The predicted octanol–water partition coefficient (Wildman–Crippen LogP) is 2.45. The Kier molecular flexibility index (Phi) is 7.93. The molecule has 0 aliphatic heterocycles. The third kappa shape index (κ3) is 6.24. The molecular formula is C21H29NO4. The van der Waals surface area contributed by atoms with Crippen molar-refractivity contribution in [3.8, 4) is 0 Å². The highest BCUT2D eigenvalue weighted by molar-refractivity contribution is 5.94. The van der Waals surface area contributed by atoms with Gasteiger partial charge in [-0.2, -0.15) is 0 Å². The van der Waals surface area contributed by atoms with Crippen LogP contribution in [0.1, 0.15) is 43.4 Å². The molecule has 5 heteroatoms. The van der Waals surface area contributed by atoms with Crippen molar-refractivity contribution < 1.29 is 19.8 Å². The van der Waals surface area contributed by atoms with E-state index in [4.69, 9.17) is 5.73 Å². The number of carbonyl (C=O) groups is 2. The number of aliphatic hydroxyl groups excluding tert-OH is 2. The lowest BCUT2D eigenvalue weighted by Gasteiger charge is -2.20. The zero-order chi connectivity index (χ0) is 20.0. The molecule has 1 aromatic carbocycles. The van der Waals surface area contributed by atoms with Gasteiger partial charge in [0.1, 0.15) is 0 Å². The fourth-order valence-electron chi connectivity index (χ4n) is 2.75. The van der Waals surface area contributed by atoms with Crippen LogP contribution in [0.5, 0.6) is 0 Å². The van der Waals surface area contributed by atoms with Gasteiger partial charge in [-0.15, -0.1) is 0 Å². The Morgan fingerprint density at radius 1 is 0.962 bits per heavy atom. The van der Waals surface area contributed by atoms with Crippen LogP contribution in [0, 0.1) is 6.92 Å². The van der Waals surface area contributed by atoms with E-state index in [1.807, 2.05) is 13.0 Å². The summed E-state index contributed by atoms with van der Waals surface area (Å²) in [5.74, 6) is -0.384. The van der Waals surface area contributed by atoms with Crippen molar-refractivity contribution >= 4 is 17.3 Å². The molecule has 0 aromatic heterocycles. The van der Waals surface area contributed by atoms with Gasteiger partial charge in [-0.3, -0.25) is 9.59 Å². The minimum Gasteiger partial charge on any atom is -0.398 e. The summed E-state index contributed by atoms with van der Waals surface area (Å²) in [4.78, 5) is 23.5. The van der Waals surface area contributed by atoms with Crippen molar-refractivity contribution in [2.75, 3.05) is 5.73 Å². The van der Waals surface area contributed by atoms with Crippen LogP contribution in [0.4, 0.5) is 5.69 Å². The number of Topliss-reactive ketones (excluding diaryl/α,β-unsaturated/α-hetero) is 2. The summed E-state index contributed by atoms with van der Waals surface area (Å²) in [7, 11) is 0. The Hall–Kier alpha value is -2.24. The molecule has 0 aliphatic carbocycles. The van der Waals surface area contributed by atoms with Crippen molar-refractivity contribution in [1.29, 1.82) is 0 Å². The summed E-state index contributed by atoms with van der Waals surface area (Å²) in [5, 5.41) is 20.6. The minimum atomic E-state index is -0.892. The highest BCUT2D eigenvalue weighted by Crippen LogP contribution is 2.25. The molecule has 142 valence electrons. The number of hydrogen-bond donors (Lipinski definition) is 3. The summed E-state index contributed by atoms with van der Waals surface area (Å²) in [5.41, 5.74) is 9.79. The summed E-state index contributed by atoms with van der Waals surface area (Å²) in [6.07, 6.45) is -1.36. The topological polar surface area (TPSA) is 101 Å². The number of allylic oxidation sites excluding steroid dienone is 2. The van der Waals surface area contributed by atoms with Gasteiger partial charge in [0.25, 0.3) is 0 Å². The molecule has 1 aromatic rings. The largest absolute Gasteiger partial charge is 0.398 e. The molecule has 0 radical (unpaired) electrons. The maximum absolute atomic E-state index is 11.8. The van der Waals surface area contributed by atoms with Crippen LogP contribution in [0.3, 0.4) is 0 Å². The first-order chi connectivity index (χ1) is 12.0. The van der Waals surface area contributed by atoms with E-state index in [0.717, 1.165) is 11.1 Å². The van der Waals surface area contributed by atoms with E-state index in [1.165, 1.54) is 0 Å². The number of aliphatic hydroxyl groups is 2. The van der Waals surface area contributed by atoms with Gasteiger partial charge in [0.15, 0.2) is 11.6 Å². The van der Waals surface area contributed by atoms with Crippen molar-refractivity contribution in [2.45, 2.75) is 58.7 Å². The van der Waals surface area contributed by atoms with Crippen LogP contribution in [-0.2, 0) is 22.4 Å². The normalized spacial score (nSPS) is 13.1. The standard InChI is InChI=1S/C21H29NO4/c1-12(2)20(25)10-15(23)8-17-14(5)6-7-19(22)18(17)9-16(24)11-21(26)13(3)4/h6-7,15-16,23-24H,1,3,8-11,22H2,2,4-5H3. The van der Waals surface area contributed by atoms with Crippen LogP contribution in [-0.4, -0.2) is 34.0 Å². The van der Waals surface area contributed by atoms with Gasteiger partial charge in [0.05, 0.1) is 12.2 Å². The first kappa shape index (κ1) is 21.8. The Morgan fingerprint density at radius 2 is 1.38 bits per heavy atom. The minimum absolute atomic E-state index is 0.0142. The van der Waals surface area contributed by atoms with E-state index >= 15 is 0 Å². The van der Waals surface area contributed by atoms with Crippen molar-refractivity contribution in [1.82, 2.24) is 0 Å². The van der Waals surface area contributed by atoms with E-state index in [0.29, 0.717) is 22.4 Å². The van der Waals surface area contributed by atoms with Crippen LogP contribution in [0.2, 0.25) is 0 Å². The zero-order valence-corrected chi connectivity index (χ0v) is 15.8. The molecule has 0 fully saturated rings. The van der Waals surface area contributed by atoms with E-state index in [9.17, 15) is 19.8 Å². The molecule has 0 amide bonds. The molecule has 2 atom stereocenters. The number of nitrogens with two attached hydrogens (primary N) is 1. The molecule has 0 spiro atoms. The highest BCUT2D eigenvalue weighted by Gasteiger charge is 2.20. The Bertz CT molecular complexity index is 660. The molecular weight excluding hydrogens is 330 g/mol. The number of rotatable bonds is 10. The third-order valence-electron chi connectivity index (χ3n) is 4.38. The van der Waals surface area contributed by atoms with Crippen molar-refractivity contribution in [3.63, 3.8) is 0 Å². The SMILES string of the molecule is C=C(C)C(=O)CC(O)Cc1c(C)ccc(N)c1CC(O)CC(=O)C(=C)C. The number of aryl methyl sites for hydroxylation is 1. The molecule has 0 saturated heterocycles. The zero-order valence-electron chi connectivity index (χ0n) is 15.8. The summed E-state index contributed by atoms with van der Waals surface area (Å²) >= 11 is 0. The smallest absolute Gasteiger partial charge is 0.160 e. The van der Waals surface area contributed by atoms with E-state index in [2.05, 4.69) is 13.2 Å². The van der Waals surface area contributed by atoms with E-state index in [1.54, 1.807) is 19.9 Å². The second-order valence-electron chi connectivity index (χ2n) is 6.96. The lowest BCUT2D eigenvalue weighted by molar-refractivity contribution is -0.118. The van der Waals surface area contributed by atoms with Crippen LogP contribution in [0.15, 0.2) is 36.4 Å². The fourth-order valence-corrected chi connectivity index (χ4v) is 2.75. The molecule has 4 N–H and O–H groups in total. The summed E-state index contributed by atoms with van der Waals surface area (Å²) < 4.78 is 0. The molecule has 26 heavy (non-hydrogen) atoms. The lowest BCUT2D eigenvalue weighted by atomic mass is 9.89. The maximum atomic E-state index is 11.8. The maximum Gasteiger partial charge on any atom is 0.160 e. The second kappa shape index (κ2) is 9.46. The van der Waals surface area contributed by atoms with Crippen LogP contribution >= 0.6 is 0 Å². The highest BCUT2D eigenvalue weighted by atomic mass is 16.3. The summed E-state index contributed by atoms with van der Waals surface area (Å²) in [6.45, 7) is 12.3. The molecule has 5 nitrogen and oxygen atoms in total. The monoisotopic (exact) mass is 359 g/mol. The van der Waals surface area contributed by atoms with Gasteiger partial charge in [0.2, 0.25) is 0 Å². The van der Waals surface area contributed by atoms with Crippen molar-refractivity contribution in [2.24, 2.45) is 0 Å². The van der Waals surface area contributed by atoms with Gasteiger partial charge in [-0.05, 0) is 61.1 Å². The predicted molar refractivity (Wildman–Crippen MR) is 104 cm³/mol. The van der Waals surface area contributed by atoms with Gasteiger partial charge in [-0.25, -0.2) is 0 Å². The second-order valence-corrected chi connectivity index (χ2v) is 6.96. The van der Waals surface area contributed by atoms with Gasteiger partial charge in [-0.1, -0.05) is 19.2 Å². The van der Waals surface area contributed by atoms with E-state index < -0.39 is 12.2 Å². The lowest BCUT2D eigenvalue weighted by Crippen LogP contribution is -2.21. The fraction of sp³-hybridized carbons (Fsp3) is 0.429. The first-order valence-corrected chi connectivity index (χ1v) is 8.63. The number of nitrogen functional groups attached to an aromatic ring is 1. The van der Waals surface area contributed by atoms with Crippen LogP contribution in [0.25, 0.3) is 0 Å². The number of ketones is 2. The molecule has 0 bridgehead atoms. The average Bonchev–Trinajstić information content (AvgIpc) is 2.53. The molecule has 0 saturated carbocycles. The van der Waals surface area contributed by atoms with E-state index in [-0.39, 0.29) is 37.2 Å². The van der Waals surface area contributed by atoms with Gasteiger partial charge >= 0.3 is 0 Å². The van der Waals surface area contributed by atoms with Gasteiger partial charge < -0.3 is 15.9 Å². The summed E-state index contributed by atoms with van der Waals surface area (Å²) in [6, 6.07) is 3.58. The Balaban J connectivity index is 3.00. The molecule has 2 unspecified atom stereocenters. The van der Waals surface area contributed by atoms with Crippen LogP contribution < -0.4 is 5.73 Å². The first-order valence-electron chi connectivity index (χ1n) is 8.63. The van der Waals surface area contributed by atoms with Gasteiger partial charge in [0, 0.05) is 24.9 Å². The number of anilines is 1. The number of hydrogen-bond acceptors (Lipinski definition) is 5. The number of benzene rings is 1. The Labute approximate surface area is 155 Å². The number of carbonyl (C=O) groups excluding carboxylic acids is 2.